The summed E-state index contributed by atoms with van der Waals surface area (Å²) in [6.45, 7) is 2.63. The van der Waals surface area contributed by atoms with Crippen molar-refractivity contribution in [1.29, 1.82) is 0 Å². The number of nitrogens with zero attached hydrogens (tertiary/aromatic N) is 1. The number of halogens is 4. The number of thiophene rings is 1. The first-order valence-corrected chi connectivity index (χ1v) is 15.0. The number of nitrogens with one attached hydrogen (secondary N) is 1. The van der Waals surface area contributed by atoms with Crippen LogP contribution in [0.15, 0.2) is 66.7 Å². The first-order chi connectivity index (χ1) is 19.7. The standard InChI is InChI=1S/C32H32ClF3N2O2S/c1-3-40-27-17-10-21(20-8-11-23(12-9-20)32(34,35)36)18-22(27)19-38(25-15-13-24(37-2)14-16-25)31(39)30-29(33)26-6-4-5-7-28(26)41-30/h4-12,17-18,24-25,37H,3,13-16,19H2,1-2H3/t24-,25-. The zero-order valence-corrected chi connectivity index (χ0v) is 24.5. The highest BCUT2D eigenvalue weighted by molar-refractivity contribution is 7.21. The van der Waals surface area contributed by atoms with Gasteiger partial charge in [-0.15, -0.1) is 11.3 Å². The number of amides is 1. The minimum absolute atomic E-state index is 0.0116. The Hall–Kier alpha value is -3.07. The van der Waals surface area contributed by atoms with E-state index in [1.165, 1.54) is 23.5 Å². The van der Waals surface area contributed by atoms with Gasteiger partial charge in [0.25, 0.3) is 5.91 Å². The molecule has 1 aliphatic carbocycles. The topological polar surface area (TPSA) is 41.6 Å². The van der Waals surface area contributed by atoms with Crippen LogP contribution in [0.4, 0.5) is 13.2 Å². The van der Waals surface area contributed by atoms with Gasteiger partial charge >= 0.3 is 6.18 Å². The summed E-state index contributed by atoms with van der Waals surface area (Å²) in [4.78, 5) is 16.7. The van der Waals surface area contributed by atoms with E-state index in [2.05, 4.69) is 5.32 Å². The predicted molar refractivity (Wildman–Crippen MR) is 160 cm³/mol. The SMILES string of the molecule is CCOc1ccc(-c2ccc(C(F)(F)F)cc2)cc1CN(C(=O)c1sc2ccccc2c1Cl)[C@H]1CC[C@H](NC)CC1. The fourth-order valence-corrected chi connectivity index (χ4v) is 7.01. The maximum absolute atomic E-state index is 14.2. The maximum Gasteiger partial charge on any atom is 0.416 e. The van der Waals surface area contributed by atoms with E-state index < -0.39 is 11.7 Å². The Bertz CT molecular complexity index is 1510. The maximum atomic E-state index is 14.2. The number of hydrogen-bond acceptors (Lipinski definition) is 4. The summed E-state index contributed by atoms with van der Waals surface area (Å²) in [5, 5.41) is 4.68. The normalized spacial score (nSPS) is 17.5. The highest BCUT2D eigenvalue weighted by atomic mass is 35.5. The molecule has 0 unspecified atom stereocenters. The third kappa shape index (κ3) is 6.40. The monoisotopic (exact) mass is 600 g/mol. The van der Waals surface area contributed by atoms with E-state index in [4.69, 9.17) is 16.3 Å². The first-order valence-electron chi connectivity index (χ1n) is 13.8. The summed E-state index contributed by atoms with van der Waals surface area (Å²) in [6, 6.07) is 18.9. The van der Waals surface area contributed by atoms with Gasteiger partial charge in [0.05, 0.1) is 17.2 Å². The fourth-order valence-electron chi connectivity index (χ4n) is 5.54. The third-order valence-electron chi connectivity index (χ3n) is 7.78. The number of fused-ring (bicyclic) bond motifs is 1. The molecule has 1 amide bonds. The second kappa shape index (κ2) is 12.4. The van der Waals surface area contributed by atoms with Crippen LogP contribution in [0.1, 0.15) is 53.4 Å². The predicted octanol–water partition coefficient (Wildman–Crippen LogP) is 8.81. The van der Waals surface area contributed by atoms with Gasteiger partial charge in [-0.2, -0.15) is 13.2 Å². The molecule has 3 aromatic carbocycles. The molecule has 9 heteroatoms. The lowest BCUT2D eigenvalue weighted by Gasteiger charge is -2.37. The van der Waals surface area contributed by atoms with Crippen LogP contribution < -0.4 is 10.1 Å². The molecule has 216 valence electrons. The minimum atomic E-state index is -4.40. The zero-order valence-electron chi connectivity index (χ0n) is 22.9. The molecule has 1 aliphatic rings. The molecule has 0 bridgehead atoms. The Morgan fingerprint density at radius 2 is 1.71 bits per heavy atom. The molecule has 4 nitrogen and oxygen atoms in total. The van der Waals surface area contributed by atoms with Gasteiger partial charge in [0.15, 0.2) is 0 Å². The summed E-state index contributed by atoms with van der Waals surface area (Å²) in [6.07, 6.45) is -0.793. The van der Waals surface area contributed by atoms with Gasteiger partial charge in [0, 0.05) is 34.3 Å². The minimum Gasteiger partial charge on any atom is -0.494 e. The van der Waals surface area contributed by atoms with Crippen molar-refractivity contribution in [2.75, 3.05) is 13.7 Å². The number of rotatable bonds is 8. The van der Waals surface area contributed by atoms with E-state index in [1.54, 1.807) is 0 Å². The summed E-state index contributed by atoms with van der Waals surface area (Å²) in [5.41, 5.74) is 1.51. The summed E-state index contributed by atoms with van der Waals surface area (Å²) in [5.74, 6) is 0.527. The lowest BCUT2D eigenvalue weighted by Crippen LogP contribution is -2.44. The Morgan fingerprint density at radius 1 is 1.02 bits per heavy atom. The van der Waals surface area contributed by atoms with E-state index in [0.717, 1.165) is 59.0 Å². The van der Waals surface area contributed by atoms with Crippen LogP contribution in [-0.4, -0.2) is 36.5 Å². The molecule has 0 atom stereocenters. The Morgan fingerprint density at radius 3 is 2.34 bits per heavy atom. The third-order valence-corrected chi connectivity index (χ3v) is 9.45. The van der Waals surface area contributed by atoms with Crippen LogP contribution in [0.3, 0.4) is 0 Å². The van der Waals surface area contributed by atoms with Gasteiger partial charge in [-0.25, -0.2) is 0 Å². The average molecular weight is 601 g/mol. The van der Waals surface area contributed by atoms with Crippen LogP contribution in [0.2, 0.25) is 5.02 Å². The number of carbonyl (C=O) groups is 1. The second-order valence-electron chi connectivity index (χ2n) is 10.3. The molecule has 41 heavy (non-hydrogen) atoms. The van der Waals surface area contributed by atoms with Gasteiger partial charge in [-0.05, 0) is 81.1 Å². The van der Waals surface area contributed by atoms with Gasteiger partial charge in [-0.3, -0.25) is 4.79 Å². The molecular weight excluding hydrogens is 569 g/mol. The largest absolute Gasteiger partial charge is 0.494 e. The molecule has 1 aromatic heterocycles. The van der Waals surface area contributed by atoms with Gasteiger partial charge < -0.3 is 15.0 Å². The molecule has 0 saturated heterocycles. The molecule has 0 aliphatic heterocycles. The average Bonchev–Trinajstić information content (AvgIpc) is 3.32. The van der Waals surface area contributed by atoms with Crippen LogP contribution in [0, 0.1) is 0 Å². The van der Waals surface area contributed by atoms with Crippen molar-refractivity contribution in [3.8, 4) is 16.9 Å². The summed E-state index contributed by atoms with van der Waals surface area (Å²) in [7, 11) is 1.96. The van der Waals surface area contributed by atoms with Crippen LogP contribution in [-0.2, 0) is 12.7 Å². The fraction of sp³-hybridized carbons (Fsp3) is 0.344. The molecule has 0 spiro atoms. The highest BCUT2D eigenvalue weighted by Crippen LogP contribution is 2.39. The van der Waals surface area contributed by atoms with E-state index in [9.17, 15) is 18.0 Å². The second-order valence-corrected chi connectivity index (χ2v) is 11.7. The summed E-state index contributed by atoms with van der Waals surface area (Å²) < 4.78 is 46.3. The quantitative estimate of drug-likeness (QED) is 0.220. The molecule has 4 aromatic rings. The van der Waals surface area contributed by atoms with Crippen molar-refractivity contribution in [2.45, 2.75) is 57.4 Å². The van der Waals surface area contributed by atoms with Crippen molar-refractivity contribution >= 4 is 38.9 Å². The van der Waals surface area contributed by atoms with Gasteiger partial charge in [-0.1, -0.05) is 48.0 Å². The molecule has 1 N–H and O–H groups in total. The highest BCUT2D eigenvalue weighted by Gasteiger charge is 2.33. The smallest absolute Gasteiger partial charge is 0.416 e. The van der Waals surface area contributed by atoms with Crippen LogP contribution in [0.25, 0.3) is 21.2 Å². The van der Waals surface area contributed by atoms with Crippen LogP contribution >= 0.6 is 22.9 Å². The first kappa shape index (κ1) is 29.4. The molecule has 1 heterocycles. The molecule has 1 saturated carbocycles. The number of carbonyl (C=O) groups excluding carboxylic acids is 1. The molecule has 0 radical (unpaired) electrons. The number of benzene rings is 3. The van der Waals surface area contributed by atoms with E-state index >= 15 is 0 Å². The van der Waals surface area contributed by atoms with E-state index in [1.807, 2.05) is 61.3 Å². The molecule has 1 fully saturated rings. The summed E-state index contributed by atoms with van der Waals surface area (Å²) >= 11 is 8.16. The number of alkyl halides is 3. The van der Waals surface area contributed by atoms with Crippen molar-refractivity contribution in [3.63, 3.8) is 0 Å². The zero-order chi connectivity index (χ0) is 29.1. The van der Waals surface area contributed by atoms with Crippen molar-refractivity contribution in [1.82, 2.24) is 10.2 Å². The van der Waals surface area contributed by atoms with Gasteiger partial charge in [0.2, 0.25) is 0 Å². The van der Waals surface area contributed by atoms with Crippen molar-refractivity contribution < 1.29 is 22.7 Å². The lowest BCUT2D eigenvalue weighted by molar-refractivity contribution is -0.137. The number of hydrogen-bond donors (Lipinski definition) is 1. The van der Waals surface area contributed by atoms with Crippen LogP contribution in [0.5, 0.6) is 5.75 Å². The Balaban J connectivity index is 1.52. The molecule has 5 rings (SSSR count). The number of ether oxygens (including phenoxy) is 1. The van der Waals surface area contributed by atoms with Crippen molar-refractivity contribution in [3.05, 3.63) is 87.8 Å². The molecular formula is C32H32ClF3N2O2S. The lowest BCUT2D eigenvalue weighted by atomic mass is 9.89. The Labute approximate surface area is 247 Å². The van der Waals surface area contributed by atoms with Gasteiger partial charge in [0.1, 0.15) is 10.6 Å². The van der Waals surface area contributed by atoms with E-state index in [-0.39, 0.29) is 11.9 Å². The van der Waals surface area contributed by atoms with Crippen molar-refractivity contribution in [2.24, 2.45) is 0 Å². The van der Waals surface area contributed by atoms with E-state index in [0.29, 0.717) is 40.4 Å². The Kier molecular flexibility index (Phi) is 8.92.